The van der Waals surface area contributed by atoms with Gasteiger partial charge >= 0.3 is 0 Å². The van der Waals surface area contributed by atoms with Gasteiger partial charge in [0.05, 0.1) is 0 Å². The van der Waals surface area contributed by atoms with Gasteiger partial charge in [0.15, 0.2) is 0 Å². The molecule has 2 rings (SSSR count). The van der Waals surface area contributed by atoms with E-state index >= 15 is 0 Å². The van der Waals surface area contributed by atoms with Gasteiger partial charge in [0.1, 0.15) is 5.82 Å². The molecule has 0 spiro atoms. The molecule has 0 bridgehead atoms. The van der Waals surface area contributed by atoms with Crippen LogP contribution in [0.1, 0.15) is 12.5 Å². The van der Waals surface area contributed by atoms with Crippen molar-refractivity contribution >= 4 is 29.3 Å². The van der Waals surface area contributed by atoms with Gasteiger partial charge in [-0.3, -0.25) is 0 Å². The molecule has 2 heterocycles. The fourth-order valence-corrected chi connectivity index (χ4v) is 5.02. The van der Waals surface area contributed by atoms with Crippen LogP contribution in [0, 0.1) is 0 Å². The Morgan fingerprint density at radius 1 is 1.47 bits per heavy atom. The zero-order valence-corrected chi connectivity index (χ0v) is 11.6. The molecule has 1 aromatic heterocycles. The van der Waals surface area contributed by atoms with Gasteiger partial charge in [-0.05, 0) is 24.1 Å². The second-order valence-electron chi connectivity index (χ2n) is 4.37. The summed E-state index contributed by atoms with van der Waals surface area (Å²) >= 11 is 4.04. The van der Waals surface area contributed by atoms with Crippen LogP contribution in [0.25, 0.3) is 0 Å². The first-order chi connectivity index (χ1) is 8.16. The molecule has 1 saturated heterocycles. The Labute approximate surface area is 111 Å². The van der Waals surface area contributed by atoms with E-state index in [0.717, 1.165) is 6.42 Å². The van der Waals surface area contributed by atoms with Crippen molar-refractivity contribution in [3.05, 3.63) is 23.9 Å². The van der Waals surface area contributed by atoms with Crippen molar-refractivity contribution in [2.45, 2.75) is 29.9 Å². The smallest absolute Gasteiger partial charge is 0.123 e. The Bertz CT molecular complexity index is 373. The summed E-state index contributed by atoms with van der Waals surface area (Å²) in [5.74, 6) is 3.04. The molecule has 3 nitrogen and oxygen atoms in total. The third kappa shape index (κ3) is 3.53. The number of anilines is 1. The van der Waals surface area contributed by atoms with Crippen molar-refractivity contribution in [2.75, 3.05) is 17.2 Å². The maximum absolute atomic E-state index is 6.33. The Morgan fingerprint density at radius 3 is 2.94 bits per heavy atom. The van der Waals surface area contributed by atoms with E-state index in [0.29, 0.717) is 16.3 Å². The zero-order valence-electron chi connectivity index (χ0n) is 10.0. The SMILES string of the molecule is CC1SCCSC1C(N)Cc1ccnc(N)c1. The van der Waals surface area contributed by atoms with Crippen LogP contribution >= 0.6 is 23.5 Å². The second-order valence-corrected chi connectivity index (χ2v) is 7.14. The highest BCUT2D eigenvalue weighted by atomic mass is 32.2. The molecule has 0 aliphatic carbocycles. The van der Waals surface area contributed by atoms with Crippen LogP contribution in [-0.2, 0) is 6.42 Å². The highest BCUT2D eigenvalue weighted by molar-refractivity contribution is 8.07. The molecule has 3 atom stereocenters. The van der Waals surface area contributed by atoms with Gasteiger partial charge in [0.2, 0.25) is 0 Å². The Hall–Kier alpha value is -0.390. The van der Waals surface area contributed by atoms with Crippen molar-refractivity contribution < 1.29 is 0 Å². The van der Waals surface area contributed by atoms with Gasteiger partial charge in [-0.15, -0.1) is 0 Å². The van der Waals surface area contributed by atoms with Gasteiger partial charge in [-0.25, -0.2) is 4.98 Å². The summed E-state index contributed by atoms with van der Waals surface area (Å²) in [6, 6.07) is 4.12. The average molecular weight is 269 g/mol. The Balaban J connectivity index is 1.98. The zero-order chi connectivity index (χ0) is 12.3. The van der Waals surface area contributed by atoms with Gasteiger partial charge in [-0.2, -0.15) is 23.5 Å². The van der Waals surface area contributed by atoms with Gasteiger partial charge < -0.3 is 11.5 Å². The first-order valence-corrected chi connectivity index (χ1v) is 7.96. The van der Waals surface area contributed by atoms with E-state index in [2.05, 4.69) is 11.9 Å². The number of thioether (sulfide) groups is 2. The Kier molecular flexibility index (Phi) is 4.59. The maximum Gasteiger partial charge on any atom is 0.123 e. The maximum atomic E-state index is 6.33. The summed E-state index contributed by atoms with van der Waals surface area (Å²) in [4.78, 5) is 4.00. The van der Waals surface area contributed by atoms with Crippen LogP contribution < -0.4 is 11.5 Å². The first-order valence-electron chi connectivity index (χ1n) is 5.86. The monoisotopic (exact) mass is 269 g/mol. The van der Waals surface area contributed by atoms with E-state index < -0.39 is 0 Å². The lowest BCUT2D eigenvalue weighted by molar-refractivity contribution is 0.622. The molecule has 0 aromatic carbocycles. The number of aromatic nitrogens is 1. The molecule has 5 heteroatoms. The fraction of sp³-hybridized carbons (Fsp3) is 0.583. The van der Waals surface area contributed by atoms with Crippen molar-refractivity contribution in [1.29, 1.82) is 0 Å². The largest absolute Gasteiger partial charge is 0.384 e. The van der Waals surface area contributed by atoms with E-state index in [1.165, 1.54) is 17.1 Å². The van der Waals surface area contributed by atoms with Crippen LogP contribution in [0.2, 0.25) is 0 Å². The number of rotatable bonds is 3. The molecular weight excluding hydrogens is 250 g/mol. The van der Waals surface area contributed by atoms with E-state index in [1.807, 2.05) is 35.7 Å². The molecule has 1 aliphatic rings. The van der Waals surface area contributed by atoms with E-state index in [9.17, 15) is 0 Å². The highest BCUT2D eigenvalue weighted by Crippen LogP contribution is 2.33. The number of nitrogens with zero attached hydrogens (tertiary/aromatic N) is 1. The minimum Gasteiger partial charge on any atom is -0.384 e. The average Bonchev–Trinajstić information content (AvgIpc) is 2.29. The number of nitrogen functional groups attached to an aromatic ring is 1. The van der Waals surface area contributed by atoms with Crippen LogP contribution in [-0.4, -0.2) is 33.0 Å². The third-order valence-electron chi connectivity index (χ3n) is 2.98. The summed E-state index contributed by atoms with van der Waals surface area (Å²) < 4.78 is 0. The van der Waals surface area contributed by atoms with Crippen LogP contribution in [0.4, 0.5) is 5.82 Å². The number of nitrogens with two attached hydrogens (primary N) is 2. The molecule has 94 valence electrons. The predicted octanol–water partition coefficient (Wildman–Crippen LogP) is 1.77. The van der Waals surface area contributed by atoms with Crippen molar-refractivity contribution in [1.82, 2.24) is 4.98 Å². The van der Waals surface area contributed by atoms with E-state index in [1.54, 1.807) is 6.20 Å². The predicted molar refractivity (Wildman–Crippen MR) is 78.5 cm³/mol. The number of pyridine rings is 1. The Morgan fingerprint density at radius 2 is 2.24 bits per heavy atom. The molecule has 0 radical (unpaired) electrons. The molecule has 1 aliphatic heterocycles. The highest BCUT2D eigenvalue weighted by Gasteiger charge is 2.28. The summed E-state index contributed by atoms with van der Waals surface area (Å²) in [7, 11) is 0. The van der Waals surface area contributed by atoms with Crippen LogP contribution in [0.3, 0.4) is 0 Å². The van der Waals surface area contributed by atoms with Gasteiger partial charge in [-0.1, -0.05) is 6.92 Å². The second kappa shape index (κ2) is 5.98. The fourth-order valence-electron chi connectivity index (χ4n) is 2.13. The topological polar surface area (TPSA) is 64.9 Å². The van der Waals surface area contributed by atoms with Crippen LogP contribution in [0.15, 0.2) is 18.3 Å². The van der Waals surface area contributed by atoms with Crippen molar-refractivity contribution in [3.63, 3.8) is 0 Å². The lowest BCUT2D eigenvalue weighted by Crippen LogP contribution is -2.42. The van der Waals surface area contributed by atoms with Crippen molar-refractivity contribution in [3.8, 4) is 0 Å². The normalized spacial score (nSPS) is 26.7. The molecule has 1 aromatic rings. The van der Waals surface area contributed by atoms with E-state index in [4.69, 9.17) is 11.5 Å². The summed E-state index contributed by atoms with van der Waals surface area (Å²) in [6.45, 7) is 2.28. The molecule has 0 saturated carbocycles. The van der Waals surface area contributed by atoms with Crippen molar-refractivity contribution in [2.24, 2.45) is 5.73 Å². The lowest BCUT2D eigenvalue weighted by atomic mass is 10.0. The summed E-state index contributed by atoms with van der Waals surface area (Å²) in [5, 5.41) is 1.19. The lowest BCUT2D eigenvalue weighted by Gasteiger charge is -2.32. The minimum atomic E-state index is 0.199. The van der Waals surface area contributed by atoms with Gasteiger partial charge in [0, 0.05) is 34.2 Å². The first kappa shape index (κ1) is 13.1. The molecule has 0 amide bonds. The standard InChI is InChI=1S/C12H19N3S2/c1-8-12(17-5-4-16-8)10(13)6-9-2-3-15-11(14)7-9/h2-3,7-8,10,12H,4-6,13H2,1H3,(H2,14,15). The molecule has 3 unspecified atom stereocenters. The quantitative estimate of drug-likeness (QED) is 0.875. The third-order valence-corrected chi connectivity index (χ3v) is 6.25. The molecule has 4 N–H and O–H groups in total. The number of hydrogen-bond donors (Lipinski definition) is 2. The molecular formula is C12H19N3S2. The van der Waals surface area contributed by atoms with Crippen LogP contribution in [0.5, 0.6) is 0 Å². The summed E-state index contributed by atoms with van der Waals surface area (Å²) in [6.07, 6.45) is 2.64. The number of hydrogen-bond acceptors (Lipinski definition) is 5. The minimum absolute atomic E-state index is 0.199. The molecule has 1 fully saturated rings. The van der Waals surface area contributed by atoms with E-state index in [-0.39, 0.29) is 6.04 Å². The molecule has 17 heavy (non-hydrogen) atoms. The summed E-state index contributed by atoms with van der Waals surface area (Å²) in [5.41, 5.74) is 13.2. The van der Waals surface area contributed by atoms with Gasteiger partial charge in [0.25, 0.3) is 0 Å².